The molecular formula is C16H21N3O. The number of rotatable bonds is 6. The number of nitrogen functional groups attached to an aromatic ring is 1. The van der Waals surface area contributed by atoms with Crippen LogP contribution in [-0.4, -0.2) is 22.6 Å². The smallest absolute Gasteiger partial charge is 0.250 e. The van der Waals surface area contributed by atoms with Crippen LogP contribution in [0.4, 0.5) is 5.69 Å². The van der Waals surface area contributed by atoms with Gasteiger partial charge in [-0.3, -0.25) is 9.69 Å². The first kappa shape index (κ1) is 14.3. The monoisotopic (exact) mass is 271 g/mol. The van der Waals surface area contributed by atoms with Crippen LogP contribution in [0.15, 0.2) is 53.5 Å². The number of nitrogens with zero attached hydrogens (tertiary/aromatic N) is 2. The number of pyridine rings is 1. The third-order valence-corrected chi connectivity index (χ3v) is 3.36. The van der Waals surface area contributed by atoms with E-state index in [0.29, 0.717) is 6.54 Å². The lowest BCUT2D eigenvalue weighted by Crippen LogP contribution is -2.30. The number of anilines is 1. The molecule has 0 unspecified atom stereocenters. The number of benzene rings is 1. The molecule has 20 heavy (non-hydrogen) atoms. The van der Waals surface area contributed by atoms with Crippen molar-refractivity contribution in [3.05, 3.63) is 64.6 Å². The zero-order chi connectivity index (χ0) is 14.4. The minimum absolute atomic E-state index is 0.0486. The summed E-state index contributed by atoms with van der Waals surface area (Å²) >= 11 is 0. The molecule has 2 aromatic rings. The highest BCUT2D eigenvalue weighted by Gasteiger charge is 2.05. The first-order valence-corrected chi connectivity index (χ1v) is 6.91. The van der Waals surface area contributed by atoms with E-state index in [-0.39, 0.29) is 5.56 Å². The van der Waals surface area contributed by atoms with Crippen LogP contribution >= 0.6 is 0 Å². The standard InChI is InChI=1S/C16H21N3O/c1-2-18(13-14-6-5-7-15(17)12-14)10-11-19-9-4-3-8-16(19)20/h3-9,12H,2,10-11,13,17H2,1H3. The summed E-state index contributed by atoms with van der Waals surface area (Å²) in [5, 5.41) is 0. The normalized spacial score (nSPS) is 10.9. The second kappa shape index (κ2) is 6.91. The summed E-state index contributed by atoms with van der Waals surface area (Å²) in [6.45, 7) is 5.46. The molecule has 0 atom stereocenters. The van der Waals surface area contributed by atoms with Gasteiger partial charge in [-0.25, -0.2) is 0 Å². The number of hydrogen-bond donors (Lipinski definition) is 1. The van der Waals surface area contributed by atoms with Crippen molar-refractivity contribution in [3.8, 4) is 0 Å². The molecule has 1 aromatic heterocycles. The molecule has 4 nitrogen and oxygen atoms in total. The number of likely N-dealkylation sites (N-methyl/N-ethyl adjacent to an activating group) is 1. The Hall–Kier alpha value is -2.07. The van der Waals surface area contributed by atoms with Crippen LogP contribution < -0.4 is 11.3 Å². The van der Waals surface area contributed by atoms with Gasteiger partial charge in [-0.2, -0.15) is 0 Å². The Balaban J connectivity index is 1.96. The summed E-state index contributed by atoms with van der Waals surface area (Å²) in [6.07, 6.45) is 1.83. The highest BCUT2D eigenvalue weighted by molar-refractivity contribution is 5.40. The van der Waals surface area contributed by atoms with Gasteiger partial charge in [0.1, 0.15) is 0 Å². The van der Waals surface area contributed by atoms with E-state index in [1.165, 1.54) is 5.56 Å². The van der Waals surface area contributed by atoms with E-state index in [1.807, 2.05) is 30.5 Å². The average molecular weight is 271 g/mol. The van der Waals surface area contributed by atoms with Crippen molar-refractivity contribution in [2.75, 3.05) is 18.8 Å². The largest absolute Gasteiger partial charge is 0.399 e. The second-order valence-corrected chi connectivity index (χ2v) is 4.85. The summed E-state index contributed by atoms with van der Waals surface area (Å²) in [5.41, 5.74) is 7.84. The van der Waals surface area contributed by atoms with Gasteiger partial charge in [0.05, 0.1) is 0 Å². The predicted molar refractivity (Wildman–Crippen MR) is 82.5 cm³/mol. The molecule has 106 valence electrons. The predicted octanol–water partition coefficient (Wildman–Crippen LogP) is 1.95. The lowest BCUT2D eigenvalue weighted by molar-refractivity contribution is 0.267. The quantitative estimate of drug-likeness (QED) is 0.817. The summed E-state index contributed by atoms with van der Waals surface area (Å²) in [4.78, 5) is 14.0. The van der Waals surface area contributed by atoms with Crippen molar-refractivity contribution in [2.24, 2.45) is 0 Å². The van der Waals surface area contributed by atoms with Gasteiger partial charge in [0.25, 0.3) is 5.56 Å². The van der Waals surface area contributed by atoms with Crippen LogP contribution in [0.3, 0.4) is 0 Å². The van der Waals surface area contributed by atoms with Crippen LogP contribution in [0.5, 0.6) is 0 Å². The summed E-state index contributed by atoms with van der Waals surface area (Å²) in [6, 6.07) is 13.2. The first-order valence-electron chi connectivity index (χ1n) is 6.91. The topological polar surface area (TPSA) is 51.3 Å². The number of nitrogens with two attached hydrogens (primary N) is 1. The Morgan fingerprint density at radius 2 is 2.05 bits per heavy atom. The lowest BCUT2D eigenvalue weighted by atomic mass is 10.2. The molecule has 2 rings (SSSR count). The molecule has 0 amide bonds. The highest BCUT2D eigenvalue weighted by Crippen LogP contribution is 2.09. The molecule has 0 saturated carbocycles. The molecular weight excluding hydrogens is 250 g/mol. The van der Waals surface area contributed by atoms with Gasteiger partial charge in [-0.1, -0.05) is 25.1 Å². The number of aromatic nitrogens is 1. The van der Waals surface area contributed by atoms with Crippen LogP contribution in [0.1, 0.15) is 12.5 Å². The third-order valence-electron chi connectivity index (χ3n) is 3.36. The van der Waals surface area contributed by atoms with Crippen molar-refractivity contribution in [2.45, 2.75) is 20.0 Å². The fraction of sp³-hybridized carbons (Fsp3) is 0.312. The average Bonchev–Trinajstić information content (AvgIpc) is 2.45. The highest BCUT2D eigenvalue weighted by atomic mass is 16.1. The van der Waals surface area contributed by atoms with E-state index in [2.05, 4.69) is 17.9 Å². The molecule has 2 N–H and O–H groups in total. The second-order valence-electron chi connectivity index (χ2n) is 4.85. The minimum atomic E-state index is 0.0486. The van der Waals surface area contributed by atoms with Crippen LogP contribution in [0.25, 0.3) is 0 Å². The molecule has 1 aromatic carbocycles. The van der Waals surface area contributed by atoms with Gasteiger partial charge in [-0.05, 0) is 30.3 Å². The fourth-order valence-electron chi connectivity index (χ4n) is 2.19. The van der Waals surface area contributed by atoms with E-state index in [4.69, 9.17) is 5.73 Å². The van der Waals surface area contributed by atoms with Crippen LogP contribution in [0, 0.1) is 0 Å². The van der Waals surface area contributed by atoms with Crippen molar-refractivity contribution in [1.82, 2.24) is 9.47 Å². The molecule has 0 fully saturated rings. The van der Waals surface area contributed by atoms with Gasteiger partial charge >= 0.3 is 0 Å². The maximum atomic E-state index is 11.7. The third kappa shape index (κ3) is 3.96. The molecule has 0 saturated heterocycles. The molecule has 0 spiro atoms. The van der Waals surface area contributed by atoms with Gasteiger partial charge in [0.15, 0.2) is 0 Å². The Labute approximate surface area is 119 Å². The molecule has 0 bridgehead atoms. The lowest BCUT2D eigenvalue weighted by Gasteiger charge is -2.21. The Kier molecular flexibility index (Phi) is 4.96. The molecule has 0 radical (unpaired) electrons. The maximum Gasteiger partial charge on any atom is 0.250 e. The molecule has 0 aliphatic carbocycles. The van der Waals surface area contributed by atoms with E-state index in [1.54, 1.807) is 16.7 Å². The Morgan fingerprint density at radius 1 is 1.20 bits per heavy atom. The van der Waals surface area contributed by atoms with E-state index < -0.39 is 0 Å². The summed E-state index contributed by atoms with van der Waals surface area (Å²) < 4.78 is 1.74. The van der Waals surface area contributed by atoms with Gasteiger partial charge in [-0.15, -0.1) is 0 Å². The molecule has 1 heterocycles. The SMILES string of the molecule is CCN(CCn1ccccc1=O)Cc1cccc(N)c1. The summed E-state index contributed by atoms with van der Waals surface area (Å²) in [5.74, 6) is 0. The first-order chi connectivity index (χ1) is 9.69. The zero-order valence-electron chi connectivity index (χ0n) is 11.8. The van der Waals surface area contributed by atoms with E-state index in [0.717, 1.165) is 25.3 Å². The number of hydrogen-bond acceptors (Lipinski definition) is 3. The minimum Gasteiger partial charge on any atom is -0.399 e. The molecule has 0 aliphatic heterocycles. The van der Waals surface area contributed by atoms with E-state index in [9.17, 15) is 4.79 Å². The van der Waals surface area contributed by atoms with Gasteiger partial charge in [0.2, 0.25) is 0 Å². The van der Waals surface area contributed by atoms with Crippen molar-refractivity contribution < 1.29 is 0 Å². The maximum absolute atomic E-state index is 11.7. The summed E-state index contributed by atoms with van der Waals surface area (Å²) in [7, 11) is 0. The van der Waals surface area contributed by atoms with Crippen molar-refractivity contribution >= 4 is 5.69 Å². The van der Waals surface area contributed by atoms with Crippen molar-refractivity contribution in [3.63, 3.8) is 0 Å². The van der Waals surface area contributed by atoms with Gasteiger partial charge in [0, 0.05) is 37.6 Å². The van der Waals surface area contributed by atoms with E-state index >= 15 is 0 Å². The Morgan fingerprint density at radius 3 is 2.75 bits per heavy atom. The van der Waals surface area contributed by atoms with Gasteiger partial charge < -0.3 is 10.3 Å². The molecule has 0 aliphatic rings. The van der Waals surface area contributed by atoms with Crippen LogP contribution in [0.2, 0.25) is 0 Å². The Bertz CT molecular complexity index is 606. The van der Waals surface area contributed by atoms with Crippen molar-refractivity contribution in [1.29, 1.82) is 0 Å². The molecule has 4 heteroatoms. The zero-order valence-corrected chi connectivity index (χ0v) is 11.8. The van der Waals surface area contributed by atoms with Crippen LogP contribution in [-0.2, 0) is 13.1 Å². The fourth-order valence-corrected chi connectivity index (χ4v) is 2.19.